The molecule has 2 fully saturated rings. The number of carbonyl (C=O) groups excluding carboxylic acids is 1. The Bertz CT molecular complexity index is 1780. The number of allylic oxidation sites excluding steroid dienone is 1. The SMILES string of the molecule is COCCN(CCOC)C1CCN(C[C@]2(OC)/C=C/C[C@H](C)[C@@H](C)S(=O)(=O)NC(=O)c3ccc4c(c3)N(CCCCc3cc(Cl)ccc3CO4)CC3CC[C@H]32)CC1. The van der Waals surface area contributed by atoms with Crippen LogP contribution in [0.3, 0.4) is 0 Å². The zero-order valence-corrected chi connectivity index (χ0v) is 36.3. The van der Waals surface area contributed by atoms with Gasteiger partial charge in [-0.2, -0.15) is 0 Å². The third-order valence-corrected chi connectivity index (χ3v) is 15.4. The maximum Gasteiger partial charge on any atom is 0.264 e. The summed E-state index contributed by atoms with van der Waals surface area (Å²) in [7, 11) is 1.39. The predicted molar refractivity (Wildman–Crippen MR) is 227 cm³/mol. The van der Waals surface area contributed by atoms with Crippen molar-refractivity contribution in [1.29, 1.82) is 0 Å². The number of aryl methyl sites for hydroxylation is 1. The summed E-state index contributed by atoms with van der Waals surface area (Å²) in [4.78, 5) is 21.1. The molecule has 1 amide bonds. The molecule has 2 bridgehead atoms. The number of likely N-dealkylation sites (tertiary alicyclic amines) is 1. The zero-order valence-electron chi connectivity index (χ0n) is 34.7. The van der Waals surface area contributed by atoms with Crippen LogP contribution in [0.4, 0.5) is 5.69 Å². The van der Waals surface area contributed by atoms with E-state index >= 15 is 0 Å². The van der Waals surface area contributed by atoms with Crippen molar-refractivity contribution in [1.82, 2.24) is 14.5 Å². The van der Waals surface area contributed by atoms with Crippen molar-refractivity contribution in [3.05, 3.63) is 70.3 Å². The lowest BCUT2D eigenvalue weighted by molar-refractivity contribution is -0.0954. The molecule has 0 aromatic heterocycles. The number of nitrogens with one attached hydrogen (secondary N) is 1. The van der Waals surface area contributed by atoms with Gasteiger partial charge in [-0.3, -0.25) is 9.69 Å². The van der Waals surface area contributed by atoms with Crippen molar-refractivity contribution in [2.24, 2.45) is 17.8 Å². The van der Waals surface area contributed by atoms with Crippen LogP contribution >= 0.6 is 11.6 Å². The number of hydrogen-bond acceptors (Lipinski definition) is 10. The summed E-state index contributed by atoms with van der Waals surface area (Å²) in [5.74, 6) is 0.393. The topological polar surface area (TPSA) is 110 Å². The van der Waals surface area contributed by atoms with Gasteiger partial charge in [0.15, 0.2) is 0 Å². The molecule has 6 rings (SSSR count). The number of fused-ring (bicyclic) bond motifs is 3. The van der Waals surface area contributed by atoms with Crippen molar-refractivity contribution in [3.8, 4) is 5.75 Å². The second-order valence-electron chi connectivity index (χ2n) is 16.7. The quantitative estimate of drug-likeness (QED) is 0.264. The largest absolute Gasteiger partial charge is 0.487 e. The summed E-state index contributed by atoms with van der Waals surface area (Å²) in [6, 6.07) is 11.8. The van der Waals surface area contributed by atoms with Crippen LogP contribution in [0.25, 0.3) is 0 Å². The van der Waals surface area contributed by atoms with E-state index in [1.54, 1.807) is 27.2 Å². The summed E-state index contributed by atoms with van der Waals surface area (Å²) in [6.45, 7) is 11.4. The number of piperidine rings is 1. The molecule has 13 heteroatoms. The predicted octanol–water partition coefficient (Wildman–Crippen LogP) is 6.58. The molecule has 4 aliphatic rings. The molecule has 0 spiro atoms. The molecule has 5 atom stereocenters. The van der Waals surface area contributed by atoms with E-state index < -0.39 is 26.8 Å². The molecule has 1 unspecified atom stereocenters. The van der Waals surface area contributed by atoms with E-state index in [4.69, 9.17) is 30.5 Å². The monoisotopic (exact) mass is 828 g/mol. The smallest absolute Gasteiger partial charge is 0.264 e. The summed E-state index contributed by atoms with van der Waals surface area (Å²) < 4.78 is 53.9. The first kappa shape index (κ1) is 43.9. The molecular weight excluding hydrogens is 764 g/mol. The van der Waals surface area contributed by atoms with Crippen molar-refractivity contribution in [2.45, 2.75) is 88.7 Å². The van der Waals surface area contributed by atoms with Crippen LogP contribution in [0.2, 0.25) is 5.02 Å². The van der Waals surface area contributed by atoms with Crippen molar-refractivity contribution < 1.29 is 32.2 Å². The second-order valence-corrected chi connectivity index (χ2v) is 19.2. The fraction of sp³-hybridized carbons (Fsp3) is 0.659. The molecule has 11 nitrogen and oxygen atoms in total. The average molecular weight is 830 g/mol. The lowest BCUT2D eigenvalue weighted by Crippen LogP contribution is -2.58. The highest BCUT2D eigenvalue weighted by atomic mass is 35.5. The summed E-state index contributed by atoms with van der Waals surface area (Å²) in [5, 5.41) is -0.0783. The molecule has 1 N–H and O–H groups in total. The van der Waals surface area contributed by atoms with Gasteiger partial charge in [-0.1, -0.05) is 36.7 Å². The molecule has 2 aromatic rings. The molecule has 316 valence electrons. The van der Waals surface area contributed by atoms with E-state index in [0.717, 1.165) is 102 Å². The number of anilines is 1. The molecule has 57 heavy (non-hydrogen) atoms. The second kappa shape index (κ2) is 20.0. The van der Waals surface area contributed by atoms with Gasteiger partial charge in [0.1, 0.15) is 18.0 Å². The number of nitrogens with zero attached hydrogens (tertiary/aromatic N) is 3. The number of benzene rings is 2. The van der Waals surface area contributed by atoms with Gasteiger partial charge in [0.2, 0.25) is 10.0 Å². The Labute approximate surface area is 346 Å². The Morgan fingerprint density at radius 1 is 0.947 bits per heavy atom. The number of ether oxygens (including phenoxy) is 4. The van der Waals surface area contributed by atoms with E-state index in [2.05, 4.69) is 31.6 Å². The minimum atomic E-state index is -3.97. The molecular formula is C44H65ClN4O7S. The van der Waals surface area contributed by atoms with Crippen molar-refractivity contribution in [3.63, 3.8) is 0 Å². The maximum absolute atomic E-state index is 13.7. The van der Waals surface area contributed by atoms with Crippen LogP contribution in [0.5, 0.6) is 5.75 Å². The van der Waals surface area contributed by atoms with E-state index in [-0.39, 0.29) is 11.8 Å². The van der Waals surface area contributed by atoms with Crippen LogP contribution in [0, 0.1) is 17.8 Å². The molecule has 3 heterocycles. The molecule has 0 radical (unpaired) electrons. The van der Waals surface area contributed by atoms with Crippen LogP contribution in [-0.2, 0) is 37.3 Å². The molecule has 2 aromatic carbocycles. The highest BCUT2D eigenvalue weighted by Gasteiger charge is 2.48. The number of hydrogen-bond donors (Lipinski definition) is 1. The van der Waals surface area contributed by atoms with Crippen LogP contribution in [0.1, 0.15) is 80.3 Å². The van der Waals surface area contributed by atoms with E-state index in [1.807, 2.05) is 44.4 Å². The van der Waals surface area contributed by atoms with E-state index in [1.165, 1.54) is 5.56 Å². The minimum absolute atomic E-state index is 0.235. The highest BCUT2D eigenvalue weighted by molar-refractivity contribution is 7.90. The van der Waals surface area contributed by atoms with E-state index in [9.17, 15) is 13.2 Å². The first-order valence-electron chi connectivity index (χ1n) is 21.0. The van der Waals surface area contributed by atoms with Gasteiger partial charge in [0.25, 0.3) is 5.91 Å². The van der Waals surface area contributed by atoms with Crippen molar-refractivity contribution in [2.75, 3.05) is 85.3 Å². The maximum atomic E-state index is 13.7. The van der Waals surface area contributed by atoms with Crippen molar-refractivity contribution >= 4 is 33.2 Å². The Morgan fingerprint density at radius 3 is 2.39 bits per heavy atom. The third kappa shape index (κ3) is 10.7. The number of amides is 1. The van der Waals surface area contributed by atoms with Gasteiger partial charge in [-0.15, -0.1) is 0 Å². The van der Waals surface area contributed by atoms with Gasteiger partial charge >= 0.3 is 0 Å². The molecule has 1 aliphatic carbocycles. The fourth-order valence-electron chi connectivity index (χ4n) is 9.32. The van der Waals surface area contributed by atoms with Crippen LogP contribution in [-0.4, -0.2) is 121 Å². The third-order valence-electron chi connectivity index (χ3n) is 13.3. The lowest BCUT2D eigenvalue weighted by Gasteiger charge is -2.52. The Morgan fingerprint density at radius 2 is 1.70 bits per heavy atom. The normalized spacial score (nSPS) is 28.3. The van der Waals surface area contributed by atoms with Gasteiger partial charge in [-0.25, -0.2) is 13.1 Å². The highest BCUT2D eigenvalue weighted by Crippen LogP contribution is 2.47. The number of halogens is 1. The Balaban J connectivity index is 1.32. The summed E-state index contributed by atoms with van der Waals surface area (Å²) in [5.41, 5.74) is 2.82. The average Bonchev–Trinajstić information content (AvgIpc) is 3.22. The first-order valence-corrected chi connectivity index (χ1v) is 22.9. The number of methoxy groups -OCH3 is 3. The summed E-state index contributed by atoms with van der Waals surface area (Å²) in [6.07, 6.45) is 12.0. The van der Waals surface area contributed by atoms with Gasteiger partial charge in [0, 0.05) is 70.7 Å². The van der Waals surface area contributed by atoms with E-state index in [0.29, 0.717) is 54.5 Å². The molecule has 1 saturated carbocycles. The fourth-order valence-corrected chi connectivity index (χ4v) is 10.8. The lowest BCUT2D eigenvalue weighted by atomic mass is 9.63. The first-order chi connectivity index (χ1) is 27.5. The van der Waals surface area contributed by atoms with Gasteiger partial charge < -0.3 is 28.7 Å². The molecule has 1 saturated heterocycles. The minimum Gasteiger partial charge on any atom is -0.487 e. The number of sulfonamides is 1. The number of rotatable bonds is 10. The van der Waals surface area contributed by atoms with Crippen LogP contribution in [0.15, 0.2) is 48.6 Å². The zero-order chi connectivity index (χ0) is 40.6. The molecule has 3 aliphatic heterocycles. The summed E-state index contributed by atoms with van der Waals surface area (Å²) >= 11 is 6.42. The standard InChI is InChI=1S/C44H65ClN4O7S/c1-32-9-8-19-44(55-5,31-47-21-17-39(18-22-47)48(23-25-53-3)24-26-54-4)40-15-12-36(40)29-49-20-7-6-10-34-27-38(45)14-11-37(34)30-56-42-16-13-35(28-41(42)49)43(50)46-57(51,52)33(32)2/h8,11,13-14,16,19,27-28,32-33,36,39-40H,6-7,9-10,12,15,17-18,20-26,29-31H2,1-5H3,(H,46,50)/b19-8+/t32-,33+,36?,40+,44+/m0/s1. The Kier molecular flexibility index (Phi) is 15.4. The van der Waals surface area contributed by atoms with Gasteiger partial charge in [0.05, 0.1) is 24.2 Å². The Hall–Kier alpha value is -2.71. The van der Waals surface area contributed by atoms with Gasteiger partial charge in [-0.05, 0) is 131 Å². The number of carbonyl (C=O) groups is 1. The van der Waals surface area contributed by atoms with Crippen LogP contribution < -0.4 is 14.4 Å².